The summed E-state index contributed by atoms with van der Waals surface area (Å²) in [4.78, 5) is 13.1. The van der Waals surface area contributed by atoms with Gasteiger partial charge >= 0.3 is 0 Å². The average Bonchev–Trinajstić information content (AvgIpc) is 2.93. The van der Waals surface area contributed by atoms with Crippen LogP contribution < -0.4 is 5.32 Å². The third kappa shape index (κ3) is 2.69. The van der Waals surface area contributed by atoms with Gasteiger partial charge in [-0.1, -0.05) is 12.1 Å². The van der Waals surface area contributed by atoms with Crippen molar-refractivity contribution in [2.45, 2.75) is 6.54 Å². The number of hydrogen-bond donors (Lipinski definition) is 2. The molecule has 0 saturated carbocycles. The Hall–Kier alpha value is -2.89. The van der Waals surface area contributed by atoms with Crippen LogP contribution in [0.15, 0.2) is 48.7 Å². The Bertz CT molecular complexity index is 814. The molecule has 3 aromatic rings. The lowest BCUT2D eigenvalue weighted by Gasteiger charge is -2.07. The van der Waals surface area contributed by atoms with Gasteiger partial charge in [-0.3, -0.25) is 10.1 Å². The van der Waals surface area contributed by atoms with E-state index in [9.17, 15) is 14.5 Å². The maximum absolute atomic E-state index is 13.7. The van der Waals surface area contributed by atoms with E-state index in [2.05, 4.69) is 10.3 Å². The first-order valence-electron chi connectivity index (χ1n) is 6.37. The number of nitrogens with one attached hydrogen (secondary N) is 2. The van der Waals surface area contributed by atoms with Crippen molar-refractivity contribution in [2.24, 2.45) is 0 Å². The fourth-order valence-corrected chi connectivity index (χ4v) is 2.16. The van der Waals surface area contributed by atoms with Crippen LogP contribution in [0.4, 0.5) is 15.8 Å². The molecule has 0 atom stereocenters. The molecule has 0 aliphatic carbocycles. The number of nitro benzene ring substituents is 1. The fourth-order valence-electron chi connectivity index (χ4n) is 2.16. The zero-order valence-electron chi connectivity index (χ0n) is 11.0. The zero-order valence-corrected chi connectivity index (χ0v) is 11.0. The summed E-state index contributed by atoms with van der Waals surface area (Å²) in [5.74, 6) is -0.634. The Kier molecular flexibility index (Phi) is 3.27. The van der Waals surface area contributed by atoms with Crippen molar-refractivity contribution in [3.05, 3.63) is 70.2 Å². The molecule has 1 aromatic heterocycles. The highest BCUT2D eigenvalue weighted by atomic mass is 19.1. The smallest absolute Gasteiger partial charge is 0.272 e. The third-order valence-electron chi connectivity index (χ3n) is 3.27. The normalized spacial score (nSPS) is 10.7. The molecule has 0 amide bonds. The average molecular weight is 285 g/mol. The van der Waals surface area contributed by atoms with Gasteiger partial charge in [-0.15, -0.1) is 0 Å². The minimum atomic E-state index is -0.634. The number of fused-ring (bicyclic) bond motifs is 1. The molecule has 2 N–H and O–H groups in total. The minimum Gasteiger partial charge on any atom is -0.379 e. The molecule has 0 unspecified atom stereocenters. The summed E-state index contributed by atoms with van der Waals surface area (Å²) in [6, 6.07) is 11.5. The first-order valence-corrected chi connectivity index (χ1v) is 6.37. The number of aromatic amines is 1. The Morgan fingerprint density at radius 3 is 2.81 bits per heavy atom. The van der Waals surface area contributed by atoms with E-state index in [0.29, 0.717) is 6.54 Å². The van der Waals surface area contributed by atoms with Gasteiger partial charge in [0.05, 0.1) is 16.7 Å². The summed E-state index contributed by atoms with van der Waals surface area (Å²) in [5, 5.41) is 14.6. The molecule has 3 rings (SSSR count). The lowest BCUT2D eigenvalue weighted by atomic mass is 10.1. The number of nitrogens with zero attached hydrogens (tertiary/aromatic N) is 1. The maximum atomic E-state index is 13.7. The van der Waals surface area contributed by atoms with Crippen LogP contribution in [0.25, 0.3) is 10.9 Å². The summed E-state index contributed by atoms with van der Waals surface area (Å²) in [6.45, 7) is 0.434. The number of H-pyrrole nitrogens is 1. The molecule has 0 radical (unpaired) electrons. The molecule has 0 saturated heterocycles. The van der Waals surface area contributed by atoms with Gasteiger partial charge < -0.3 is 10.3 Å². The van der Waals surface area contributed by atoms with E-state index in [1.54, 1.807) is 0 Å². The highest BCUT2D eigenvalue weighted by molar-refractivity contribution is 5.79. The van der Waals surface area contributed by atoms with E-state index in [-0.39, 0.29) is 11.4 Å². The molecule has 0 aliphatic heterocycles. The van der Waals surface area contributed by atoms with Crippen LogP contribution in [-0.2, 0) is 6.54 Å². The minimum absolute atomic E-state index is 0.243. The molecule has 1 heterocycles. The molecule has 106 valence electrons. The first kappa shape index (κ1) is 13.1. The van der Waals surface area contributed by atoms with Crippen molar-refractivity contribution in [3.8, 4) is 0 Å². The summed E-state index contributed by atoms with van der Waals surface area (Å²) in [5.41, 5.74) is 1.99. The van der Waals surface area contributed by atoms with Crippen molar-refractivity contribution in [3.63, 3.8) is 0 Å². The molecular weight excluding hydrogens is 273 g/mol. The lowest BCUT2D eigenvalue weighted by molar-refractivity contribution is -0.385. The molecule has 2 aromatic carbocycles. The van der Waals surface area contributed by atoms with Crippen LogP contribution in [0, 0.1) is 15.9 Å². The summed E-state index contributed by atoms with van der Waals surface area (Å²) < 4.78 is 13.7. The largest absolute Gasteiger partial charge is 0.379 e. The van der Waals surface area contributed by atoms with Crippen LogP contribution >= 0.6 is 0 Å². The Labute approximate surface area is 119 Å². The molecule has 0 spiro atoms. The highest BCUT2D eigenvalue weighted by Gasteiger charge is 2.10. The van der Waals surface area contributed by atoms with Crippen molar-refractivity contribution in [1.29, 1.82) is 0 Å². The van der Waals surface area contributed by atoms with E-state index in [1.165, 1.54) is 12.1 Å². The fraction of sp³-hybridized carbons (Fsp3) is 0.0667. The zero-order chi connectivity index (χ0) is 14.8. The van der Waals surface area contributed by atoms with Gasteiger partial charge in [0, 0.05) is 24.3 Å². The number of non-ortho nitro benzene ring substituents is 1. The van der Waals surface area contributed by atoms with Gasteiger partial charge in [-0.25, -0.2) is 4.39 Å². The molecule has 0 fully saturated rings. The molecular formula is C15H12FN3O2. The van der Waals surface area contributed by atoms with Crippen molar-refractivity contribution < 1.29 is 9.31 Å². The van der Waals surface area contributed by atoms with Gasteiger partial charge in [0.25, 0.3) is 5.69 Å². The Morgan fingerprint density at radius 2 is 2.05 bits per heavy atom. The standard InChI is InChI=1S/C15H12FN3O2/c16-13-8-12(19(20)21)3-4-14(13)18-9-10-1-2-11-5-6-17-15(11)7-10/h1-8,17-18H,9H2. The van der Waals surface area contributed by atoms with Crippen LogP contribution in [0.2, 0.25) is 0 Å². The summed E-state index contributed by atoms with van der Waals surface area (Å²) in [7, 11) is 0. The van der Waals surface area contributed by atoms with Gasteiger partial charge in [-0.05, 0) is 29.1 Å². The van der Waals surface area contributed by atoms with Gasteiger partial charge in [-0.2, -0.15) is 0 Å². The quantitative estimate of drug-likeness (QED) is 0.565. The number of nitro groups is 1. The molecule has 6 heteroatoms. The summed E-state index contributed by atoms with van der Waals surface area (Å²) in [6.07, 6.45) is 1.86. The van der Waals surface area contributed by atoms with Crippen LogP contribution in [0.3, 0.4) is 0 Å². The second-order valence-electron chi connectivity index (χ2n) is 4.67. The number of hydrogen-bond acceptors (Lipinski definition) is 3. The molecule has 21 heavy (non-hydrogen) atoms. The SMILES string of the molecule is O=[N+]([O-])c1ccc(NCc2ccc3cc[nH]c3c2)c(F)c1. The van der Waals surface area contributed by atoms with Crippen LogP contribution in [0.5, 0.6) is 0 Å². The molecule has 5 nitrogen and oxygen atoms in total. The predicted octanol–water partition coefficient (Wildman–Crippen LogP) is 3.83. The van der Waals surface area contributed by atoms with Gasteiger partial charge in [0.2, 0.25) is 0 Å². The van der Waals surface area contributed by atoms with Gasteiger partial charge in [0.15, 0.2) is 5.82 Å². The molecule has 0 aliphatic rings. The Balaban J connectivity index is 1.76. The van der Waals surface area contributed by atoms with Crippen molar-refractivity contribution in [2.75, 3.05) is 5.32 Å². The van der Waals surface area contributed by atoms with E-state index in [1.807, 2.05) is 30.5 Å². The predicted molar refractivity (Wildman–Crippen MR) is 78.7 cm³/mol. The molecule has 0 bridgehead atoms. The van der Waals surface area contributed by atoms with E-state index in [4.69, 9.17) is 0 Å². The maximum Gasteiger partial charge on any atom is 0.272 e. The number of anilines is 1. The topological polar surface area (TPSA) is 71.0 Å². The Morgan fingerprint density at radius 1 is 1.19 bits per heavy atom. The van der Waals surface area contributed by atoms with Crippen LogP contribution in [0.1, 0.15) is 5.56 Å². The highest BCUT2D eigenvalue weighted by Crippen LogP contribution is 2.21. The van der Waals surface area contributed by atoms with Crippen molar-refractivity contribution in [1.82, 2.24) is 4.98 Å². The second-order valence-corrected chi connectivity index (χ2v) is 4.67. The number of aromatic nitrogens is 1. The first-order chi connectivity index (χ1) is 10.1. The van der Waals surface area contributed by atoms with Crippen LogP contribution in [-0.4, -0.2) is 9.91 Å². The van der Waals surface area contributed by atoms with Gasteiger partial charge in [0.1, 0.15) is 0 Å². The third-order valence-corrected chi connectivity index (χ3v) is 3.27. The van der Waals surface area contributed by atoms with E-state index < -0.39 is 10.7 Å². The monoisotopic (exact) mass is 285 g/mol. The van der Waals surface area contributed by atoms with E-state index in [0.717, 1.165) is 22.5 Å². The summed E-state index contributed by atoms with van der Waals surface area (Å²) >= 11 is 0. The number of rotatable bonds is 4. The van der Waals surface area contributed by atoms with E-state index >= 15 is 0 Å². The van der Waals surface area contributed by atoms with Crippen molar-refractivity contribution >= 4 is 22.3 Å². The lowest BCUT2D eigenvalue weighted by Crippen LogP contribution is -2.02. The number of benzene rings is 2. The number of halogens is 1. The second kappa shape index (κ2) is 5.24.